The Morgan fingerprint density at radius 2 is 2.36 bits per heavy atom. The van der Waals surface area contributed by atoms with Crippen LogP contribution < -0.4 is 10.6 Å². The average Bonchev–Trinajstić information content (AvgIpc) is 2.59. The van der Waals surface area contributed by atoms with Gasteiger partial charge in [0.2, 0.25) is 11.8 Å². The SMILES string of the molecule is CCCCCNC(=O)C1CCC(=O)N1. The van der Waals surface area contributed by atoms with Gasteiger partial charge in [0.15, 0.2) is 0 Å². The van der Waals surface area contributed by atoms with Crippen molar-refractivity contribution in [3.63, 3.8) is 0 Å². The molecule has 14 heavy (non-hydrogen) atoms. The predicted octanol–water partition coefficient (Wildman–Crippen LogP) is 0.571. The summed E-state index contributed by atoms with van der Waals surface area (Å²) in [6, 6.07) is -0.288. The highest BCUT2D eigenvalue weighted by Gasteiger charge is 2.26. The Morgan fingerprint density at radius 1 is 1.57 bits per heavy atom. The highest BCUT2D eigenvalue weighted by Crippen LogP contribution is 2.06. The van der Waals surface area contributed by atoms with E-state index >= 15 is 0 Å². The van der Waals surface area contributed by atoms with Crippen molar-refractivity contribution in [2.24, 2.45) is 0 Å². The summed E-state index contributed by atoms with van der Waals surface area (Å²) in [6.07, 6.45) is 4.42. The Kier molecular flexibility index (Phi) is 4.43. The molecule has 2 amide bonds. The summed E-state index contributed by atoms with van der Waals surface area (Å²) < 4.78 is 0. The van der Waals surface area contributed by atoms with Crippen LogP contribution in [-0.2, 0) is 9.59 Å². The van der Waals surface area contributed by atoms with Crippen LogP contribution in [-0.4, -0.2) is 24.4 Å². The fourth-order valence-corrected chi connectivity index (χ4v) is 1.52. The van der Waals surface area contributed by atoms with E-state index in [1.807, 2.05) is 0 Å². The summed E-state index contributed by atoms with van der Waals surface area (Å²) in [5.41, 5.74) is 0. The standard InChI is InChI=1S/C10H18N2O2/c1-2-3-4-7-11-10(14)8-5-6-9(13)12-8/h8H,2-7H2,1H3,(H,11,14)(H,12,13). The molecule has 0 spiro atoms. The second-order valence-corrected chi connectivity index (χ2v) is 3.66. The molecule has 4 nitrogen and oxygen atoms in total. The molecule has 0 aromatic rings. The van der Waals surface area contributed by atoms with Gasteiger partial charge in [0, 0.05) is 13.0 Å². The van der Waals surface area contributed by atoms with Crippen LogP contribution in [0.2, 0.25) is 0 Å². The van der Waals surface area contributed by atoms with E-state index in [9.17, 15) is 9.59 Å². The van der Waals surface area contributed by atoms with Crippen LogP contribution >= 0.6 is 0 Å². The summed E-state index contributed by atoms with van der Waals surface area (Å²) in [5.74, 6) is -0.0503. The fraction of sp³-hybridized carbons (Fsp3) is 0.800. The normalized spacial score (nSPS) is 20.6. The van der Waals surface area contributed by atoms with Gasteiger partial charge in [0.1, 0.15) is 6.04 Å². The Morgan fingerprint density at radius 3 is 2.93 bits per heavy atom. The van der Waals surface area contributed by atoms with E-state index < -0.39 is 0 Å². The van der Waals surface area contributed by atoms with Gasteiger partial charge in [-0.15, -0.1) is 0 Å². The quantitative estimate of drug-likeness (QED) is 0.634. The molecule has 0 saturated carbocycles. The summed E-state index contributed by atoms with van der Waals surface area (Å²) in [5, 5.41) is 5.47. The largest absolute Gasteiger partial charge is 0.354 e. The third kappa shape index (κ3) is 3.36. The zero-order valence-corrected chi connectivity index (χ0v) is 8.64. The lowest BCUT2D eigenvalue weighted by Crippen LogP contribution is -2.41. The van der Waals surface area contributed by atoms with E-state index in [0.717, 1.165) is 25.8 Å². The summed E-state index contributed by atoms with van der Waals surface area (Å²) in [7, 11) is 0. The lowest BCUT2D eigenvalue weighted by atomic mass is 10.2. The third-order valence-electron chi connectivity index (χ3n) is 2.39. The van der Waals surface area contributed by atoms with Crippen LogP contribution in [0.1, 0.15) is 39.0 Å². The average molecular weight is 198 g/mol. The highest BCUT2D eigenvalue weighted by molar-refractivity contribution is 5.90. The zero-order chi connectivity index (χ0) is 10.4. The second kappa shape index (κ2) is 5.62. The van der Waals surface area contributed by atoms with E-state index in [-0.39, 0.29) is 17.9 Å². The predicted molar refractivity (Wildman–Crippen MR) is 53.7 cm³/mol. The molecule has 1 rings (SSSR count). The van der Waals surface area contributed by atoms with Gasteiger partial charge >= 0.3 is 0 Å². The van der Waals surface area contributed by atoms with Crippen molar-refractivity contribution in [2.75, 3.05) is 6.54 Å². The molecule has 1 unspecified atom stereocenters. The number of unbranched alkanes of at least 4 members (excludes halogenated alkanes) is 2. The van der Waals surface area contributed by atoms with Gasteiger partial charge in [0.25, 0.3) is 0 Å². The van der Waals surface area contributed by atoms with E-state index in [1.54, 1.807) is 0 Å². The summed E-state index contributed by atoms with van der Waals surface area (Å²) in [4.78, 5) is 22.3. The number of hydrogen-bond acceptors (Lipinski definition) is 2. The fourth-order valence-electron chi connectivity index (χ4n) is 1.52. The number of amides is 2. The van der Waals surface area contributed by atoms with Crippen molar-refractivity contribution < 1.29 is 9.59 Å². The molecule has 1 aliphatic heterocycles. The first-order valence-corrected chi connectivity index (χ1v) is 5.31. The van der Waals surface area contributed by atoms with E-state index in [0.29, 0.717) is 12.8 Å². The van der Waals surface area contributed by atoms with Crippen LogP contribution in [0.4, 0.5) is 0 Å². The van der Waals surface area contributed by atoms with Crippen LogP contribution in [0.25, 0.3) is 0 Å². The van der Waals surface area contributed by atoms with Crippen LogP contribution in [0.15, 0.2) is 0 Å². The molecule has 80 valence electrons. The van der Waals surface area contributed by atoms with E-state index in [1.165, 1.54) is 0 Å². The monoisotopic (exact) mass is 198 g/mol. The third-order valence-corrected chi connectivity index (χ3v) is 2.39. The molecule has 0 bridgehead atoms. The summed E-state index contributed by atoms with van der Waals surface area (Å²) in [6.45, 7) is 2.85. The number of rotatable bonds is 5. The minimum atomic E-state index is -0.288. The Balaban J connectivity index is 2.12. The first-order chi connectivity index (χ1) is 6.74. The van der Waals surface area contributed by atoms with Gasteiger partial charge in [-0.1, -0.05) is 19.8 Å². The van der Waals surface area contributed by atoms with Gasteiger partial charge in [-0.25, -0.2) is 0 Å². The zero-order valence-electron chi connectivity index (χ0n) is 8.64. The van der Waals surface area contributed by atoms with Crippen molar-refractivity contribution in [1.82, 2.24) is 10.6 Å². The molecular weight excluding hydrogens is 180 g/mol. The first kappa shape index (κ1) is 11.0. The molecule has 1 atom stereocenters. The van der Waals surface area contributed by atoms with Crippen molar-refractivity contribution in [3.8, 4) is 0 Å². The Labute approximate surface area is 84.4 Å². The number of nitrogens with one attached hydrogen (secondary N) is 2. The minimum absolute atomic E-state index is 0.0151. The molecule has 0 aromatic heterocycles. The molecule has 1 aliphatic rings. The first-order valence-electron chi connectivity index (χ1n) is 5.31. The molecule has 1 fully saturated rings. The van der Waals surface area contributed by atoms with E-state index in [2.05, 4.69) is 17.6 Å². The van der Waals surface area contributed by atoms with Crippen molar-refractivity contribution in [2.45, 2.75) is 45.1 Å². The minimum Gasteiger partial charge on any atom is -0.354 e. The Bertz CT molecular complexity index is 216. The molecule has 0 radical (unpaired) electrons. The van der Waals surface area contributed by atoms with Gasteiger partial charge in [0.05, 0.1) is 0 Å². The van der Waals surface area contributed by atoms with Crippen molar-refractivity contribution in [3.05, 3.63) is 0 Å². The van der Waals surface area contributed by atoms with Gasteiger partial charge < -0.3 is 10.6 Å². The van der Waals surface area contributed by atoms with Gasteiger partial charge in [-0.05, 0) is 12.8 Å². The van der Waals surface area contributed by atoms with Crippen LogP contribution in [0.3, 0.4) is 0 Å². The topological polar surface area (TPSA) is 58.2 Å². The maximum absolute atomic E-state index is 11.4. The van der Waals surface area contributed by atoms with E-state index in [4.69, 9.17) is 0 Å². The van der Waals surface area contributed by atoms with Crippen molar-refractivity contribution in [1.29, 1.82) is 0 Å². The highest BCUT2D eigenvalue weighted by atomic mass is 16.2. The lowest BCUT2D eigenvalue weighted by molar-refractivity contribution is -0.125. The smallest absolute Gasteiger partial charge is 0.242 e. The van der Waals surface area contributed by atoms with Gasteiger partial charge in [-0.2, -0.15) is 0 Å². The second-order valence-electron chi connectivity index (χ2n) is 3.66. The molecule has 0 aromatic carbocycles. The summed E-state index contributed by atoms with van der Waals surface area (Å²) >= 11 is 0. The van der Waals surface area contributed by atoms with Crippen LogP contribution in [0, 0.1) is 0 Å². The number of carbonyl (C=O) groups is 2. The number of carbonyl (C=O) groups excluding carboxylic acids is 2. The Hall–Kier alpha value is -1.06. The molecular formula is C10H18N2O2. The molecule has 0 aliphatic carbocycles. The molecule has 2 N–H and O–H groups in total. The molecule has 4 heteroatoms. The lowest BCUT2D eigenvalue weighted by Gasteiger charge is -2.10. The van der Waals surface area contributed by atoms with Crippen molar-refractivity contribution >= 4 is 11.8 Å². The maximum atomic E-state index is 11.4. The number of hydrogen-bond donors (Lipinski definition) is 2. The maximum Gasteiger partial charge on any atom is 0.242 e. The van der Waals surface area contributed by atoms with Gasteiger partial charge in [-0.3, -0.25) is 9.59 Å². The molecule has 1 saturated heterocycles. The molecule has 1 heterocycles. The van der Waals surface area contributed by atoms with Crippen LogP contribution in [0.5, 0.6) is 0 Å².